The van der Waals surface area contributed by atoms with Crippen LogP contribution in [0.3, 0.4) is 0 Å². The summed E-state index contributed by atoms with van der Waals surface area (Å²) in [6, 6.07) is 9.71. The summed E-state index contributed by atoms with van der Waals surface area (Å²) in [4.78, 5) is 13.1. The number of methoxy groups -OCH3 is 1. The minimum Gasteiger partial charge on any atom is -0.464 e. The molecule has 0 unspecified atom stereocenters. The van der Waals surface area contributed by atoms with Crippen LogP contribution in [0.2, 0.25) is 0 Å². The number of rotatable bonds is 5. The van der Waals surface area contributed by atoms with Crippen molar-refractivity contribution in [3.05, 3.63) is 41.7 Å². The van der Waals surface area contributed by atoms with E-state index < -0.39 is 5.97 Å². The van der Waals surface area contributed by atoms with Gasteiger partial charge in [0, 0.05) is 11.1 Å². The van der Waals surface area contributed by atoms with Crippen molar-refractivity contribution in [3.8, 4) is 11.8 Å². The number of hydrogen-bond acceptors (Lipinski definition) is 5. The number of aromatic nitrogens is 1. The molecule has 0 aliphatic carbocycles. The van der Waals surface area contributed by atoms with Crippen LogP contribution in [0.5, 0.6) is 0 Å². The molecular formula is C16H17N3O2S. The maximum Gasteiger partial charge on any atom is 0.357 e. The van der Waals surface area contributed by atoms with E-state index in [4.69, 9.17) is 15.7 Å². The molecule has 22 heavy (non-hydrogen) atoms. The van der Waals surface area contributed by atoms with Crippen molar-refractivity contribution in [1.29, 1.82) is 5.26 Å². The van der Waals surface area contributed by atoms with Crippen molar-refractivity contribution in [2.75, 3.05) is 18.6 Å². The van der Waals surface area contributed by atoms with Crippen LogP contribution in [0, 0.1) is 11.3 Å². The van der Waals surface area contributed by atoms with E-state index in [9.17, 15) is 4.79 Å². The molecule has 6 heteroatoms. The van der Waals surface area contributed by atoms with Gasteiger partial charge >= 0.3 is 5.97 Å². The molecule has 1 aromatic carbocycles. The molecule has 114 valence electrons. The molecule has 1 aromatic heterocycles. The zero-order valence-electron chi connectivity index (χ0n) is 12.5. The summed E-state index contributed by atoms with van der Waals surface area (Å²) in [5.74, 6) is 0.404. The van der Waals surface area contributed by atoms with E-state index in [0.29, 0.717) is 0 Å². The molecule has 2 N–H and O–H groups in total. The lowest BCUT2D eigenvalue weighted by Gasteiger charge is -2.12. The molecule has 0 bridgehead atoms. The Kier molecular flexibility index (Phi) is 5.12. The van der Waals surface area contributed by atoms with Crippen molar-refractivity contribution in [3.63, 3.8) is 0 Å². The third-order valence-corrected chi connectivity index (χ3v) is 4.40. The molecule has 0 fully saturated rings. The van der Waals surface area contributed by atoms with Crippen molar-refractivity contribution < 1.29 is 9.53 Å². The Morgan fingerprint density at radius 3 is 2.82 bits per heavy atom. The number of para-hydroxylation sites is 1. The van der Waals surface area contributed by atoms with Gasteiger partial charge in [0.05, 0.1) is 24.0 Å². The fourth-order valence-corrected chi connectivity index (χ4v) is 3.01. The number of thioether (sulfide) groups is 1. The number of nitriles is 1. The summed E-state index contributed by atoms with van der Waals surface area (Å²) in [6.07, 6.45) is 2.62. The summed E-state index contributed by atoms with van der Waals surface area (Å²) < 4.78 is 6.44. The van der Waals surface area contributed by atoms with Gasteiger partial charge in [-0.2, -0.15) is 5.26 Å². The van der Waals surface area contributed by atoms with Gasteiger partial charge in [0.25, 0.3) is 0 Å². The Balaban J connectivity index is 2.63. The van der Waals surface area contributed by atoms with Gasteiger partial charge in [-0.15, -0.1) is 11.8 Å². The highest BCUT2D eigenvalue weighted by Crippen LogP contribution is 2.31. The van der Waals surface area contributed by atoms with Crippen LogP contribution in [-0.2, 0) is 4.74 Å². The van der Waals surface area contributed by atoms with Gasteiger partial charge in [-0.25, -0.2) is 4.79 Å². The average Bonchev–Trinajstić information content (AvgIpc) is 2.89. The molecule has 0 aliphatic rings. The first kappa shape index (κ1) is 16.0. The molecular weight excluding hydrogens is 298 g/mol. The summed E-state index contributed by atoms with van der Waals surface area (Å²) in [5, 5.41) is 9.17. The minimum atomic E-state index is -0.561. The van der Waals surface area contributed by atoms with Crippen LogP contribution in [0.4, 0.5) is 5.69 Å². The highest BCUT2D eigenvalue weighted by atomic mass is 32.2. The molecule has 0 radical (unpaired) electrons. The zero-order valence-corrected chi connectivity index (χ0v) is 13.3. The number of esters is 1. The van der Waals surface area contributed by atoms with Crippen LogP contribution in [0.15, 0.2) is 35.4 Å². The topological polar surface area (TPSA) is 81.0 Å². The van der Waals surface area contributed by atoms with Gasteiger partial charge in [0.2, 0.25) is 0 Å². The molecule has 0 spiro atoms. The number of benzene rings is 1. The van der Waals surface area contributed by atoms with E-state index in [1.54, 1.807) is 22.5 Å². The van der Waals surface area contributed by atoms with E-state index in [0.717, 1.165) is 22.8 Å². The lowest BCUT2D eigenvalue weighted by Crippen LogP contribution is -2.11. The SMILES string of the molecule is CCCSc1ccccc1-n1cc(C#N)c(N)c1C(=O)OC. The van der Waals surface area contributed by atoms with E-state index in [1.807, 2.05) is 30.3 Å². The van der Waals surface area contributed by atoms with Gasteiger partial charge in [-0.1, -0.05) is 19.1 Å². The predicted molar refractivity (Wildman–Crippen MR) is 87.3 cm³/mol. The fourth-order valence-electron chi connectivity index (χ4n) is 2.09. The maximum absolute atomic E-state index is 12.0. The number of nitrogens with zero attached hydrogens (tertiary/aromatic N) is 2. The third kappa shape index (κ3) is 2.95. The van der Waals surface area contributed by atoms with Gasteiger partial charge in [-0.3, -0.25) is 0 Å². The lowest BCUT2D eigenvalue weighted by atomic mass is 10.2. The fraction of sp³-hybridized carbons (Fsp3) is 0.250. The number of ether oxygens (including phenoxy) is 1. The second-order valence-corrected chi connectivity index (χ2v) is 5.73. The van der Waals surface area contributed by atoms with Crippen LogP contribution >= 0.6 is 11.8 Å². The van der Waals surface area contributed by atoms with Crippen LogP contribution in [-0.4, -0.2) is 23.4 Å². The summed E-state index contributed by atoms with van der Waals surface area (Å²) in [5.41, 5.74) is 7.33. The van der Waals surface area contributed by atoms with Crippen molar-refractivity contribution in [2.45, 2.75) is 18.2 Å². The highest BCUT2D eigenvalue weighted by molar-refractivity contribution is 7.99. The Bertz CT molecular complexity index is 731. The smallest absolute Gasteiger partial charge is 0.357 e. The Labute approximate surface area is 133 Å². The van der Waals surface area contributed by atoms with E-state index in [1.165, 1.54) is 7.11 Å². The maximum atomic E-state index is 12.0. The quantitative estimate of drug-likeness (QED) is 0.677. The number of anilines is 1. The van der Waals surface area contributed by atoms with Gasteiger partial charge in [0.15, 0.2) is 5.69 Å². The standard InChI is InChI=1S/C16H17N3O2S/c1-3-8-22-13-7-5-4-6-12(13)19-10-11(9-17)14(18)15(19)16(20)21-2/h4-7,10H,3,8,18H2,1-2H3. The molecule has 0 saturated carbocycles. The predicted octanol–water partition coefficient (Wildman–Crippen LogP) is 3.22. The second kappa shape index (κ2) is 7.05. The van der Waals surface area contributed by atoms with Gasteiger partial charge < -0.3 is 15.0 Å². The van der Waals surface area contributed by atoms with E-state index in [2.05, 4.69) is 6.92 Å². The minimum absolute atomic E-state index is 0.143. The molecule has 1 heterocycles. The monoisotopic (exact) mass is 315 g/mol. The summed E-state index contributed by atoms with van der Waals surface area (Å²) in [6.45, 7) is 2.11. The Morgan fingerprint density at radius 1 is 1.45 bits per heavy atom. The van der Waals surface area contributed by atoms with Crippen molar-refractivity contribution in [1.82, 2.24) is 4.57 Å². The van der Waals surface area contributed by atoms with Gasteiger partial charge in [0.1, 0.15) is 6.07 Å². The lowest BCUT2D eigenvalue weighted by molar-refractivity contribution is 0.0593. The van der Waals surface area contributed by atoms with Crippen molar-refractivity contribution in [2.24, 2.45) is 0 Å². The number of nitrogens with two attached hydrogens (primary N) is 1. The first-order valence-electron chi connectivity index (χ1n) is 6.85. The Morgan fingerprint density at radius 2 is 2.18 bits per heavy atom. The number of carbonyl (C=O) groups excluding carboxylic acids is 1. The second-order valence-electron chi connectivity index (χ2n) is 4.59. The molecule has 2 rings (SSSR count). The number of carbonyl (C=O) groups is 1. The molecule has 0 aliphatic heterocycles. The molecule has 0 atom stereocenters. The molecule has 0 saturated heterocycles. The first-order chi connectivity index (χ1) is 10.6. The number of hydrogen-bond donors (Lipinski definition) is 1. The van der Waals surface area contributed by atoms with Crippen LogP contribution in [0.25, 0.3) is 5.69 Å². The molecule has 0 amide bonds. The normalized spacial score (nSPS) is 10.2. The summed E-state index contributed by atoms with van der Waals surface area (Å²) in [7, 11) is 1.29. The van der Waals surface area contributed by atoms with Crippen LogP contribution in [0.1, 0.15) is 29.4 Å². The third-order valence-electron chi connectivity index (χ3n) is 3.13. The average molecular weight is 315 g/mol. The zero-order chi connectivity index (χ0) is 16.1. The first-order valence-corrected chi connectivity index (χ1v) is 7.84. The number of nitrogen functional groups attached to an aromatic ring is 1. The Hall–Kier alpha value is -2.39. The summed E-state index contributed by atoms with van der Waals surface area (Å²) >= 11 is 1.70. The largest absolute Gasteiger partial charge is 0.464 e. The van der Waals surface area contributed by atoms with Crippen LogP contribution < -0.4 is 5.73 Å². The van der Waals surface area contributed by atoms with E-state index in [-0.39, 0.29) is 16.9 Å². The molecule has 2 aromatic rings. The highest BCUT2D eigenvalue weighted by Gasteiger charge is 2.22. The van der Waals surface area contributed by atoms with Gasteiger partial charge in [-0.05, 0) is 24.3 Å². The van der Waals surface area contributed by atoms with E-state index >= 15 is 0 Å². The van der Waals surface area contributed by atoms with Crippen molar-refractivity contribution >= 4 is 23.4 Å². The molecule has 5 nitrogen and oxygen atoms in total.